The highest BCUT2D eigenvalue weighted by Gasteiger charge is 2.33. The first-order chi connectivity index (χ1) is 11.9. The molecule has 1 atom stereocenters. The maximum absolute atomic E-state index is 12.9. The van der Waals surface area contributed by atoms with Crippen LogP contribution in [0.5, 0.6) is 0 Å². The van der Waals surface area contributed by atoms with E-state index >= 15 is 0 Å². The predicted octanol–water partition coefficient (Wildman–Crippen LogP) is 0.572. The van der Waals surface area contributed by atoms with Gasteiger partial charge in [0.05, 0.1) is 4.90 Å². The van der Waals surface area contributed by atoms with E-state index in [2.05, 4.69) is 15.0 Å². The van der Waals surface area contributed by atoms with Crippen molar-refractivity contribution >= 4 is 21.8 Å². The summed E-state index contributed by atoms with van der Waals surface area (Å²) in [5.41, 5.74) is 0.532. The second-order valence-corrected chi connectivity index (χ2v) is 8.45. The molecule has 136 valence electrons. The fourth-order valence-corrected chi connectivity index (χ4v) is 4.38. The number of aliphatic imine (C=N–C) groups is 1. The molecule has 1 unspecified atom stereocenters. The number of amidine groups is 1. The van der Waals surface area contributed by atoms with Crippen molar-refractivity contribution in [2.45, 2.75) is 31.2 Å². The van der Waals surface area contributed by atoms with E-state index < -0.39 is 16.1 Å². The average Bonchev–Trinajstić information content (AvgIpc) is 2.85. The third-order valence-corrected chi connectivity index (χ3v) is 5.75. The Balaban J connectivity index is 1.92. The van der Waals surface area contributed by atoms with Crippen LogP contribution in [0.15, 0.2) is 34.2 Å². The monoisotopic (exact) mass is 364 g/mol. The Morgan fingerprint density at radius 2 is 1.92 bits per heavy atom. The molecule has 0 aliphatic carbocycles. The lowest BCUT2D eigenvalue weighted by atomic mass is 10.0. The predicted molar refractivity (Wildman–Crippen MR) is 96.0 cm³/mol. The molecule has 25 heavy (non-hydrogen) atoms. The van der Waals surface area contributed by atoms with Gasteiger partial charge in [-0.1, -0.05) is 26.0 Å². The fraction of sp³-hybridized carbons (Fsp3) is 0.529. The zero-order valence-corrected chi connectivity index (χ0v) is 15.3. The van der Waals surface area contributed by atoms with Gasteiger partial charge in [-0.25, -0.2) is 8.42 Å². The van der Waals surface area contributed by atoms with Crippen LogP contribution >= 0.6 is 0 Å². The van der Waals surface area contributed by atoms with Crippen molar-refractivity contribution in [1.29, 1.82) is 0 Å². The summed E-state index contributed by atoms with van der Waals surface area (Å²) in [6, 6.07) is 6.13. The molecule has 2 heterocycles. The maximum Gasteiger partial charge on any atom is 0.263 e. The van der Waals surface area contributed by atoms with Gasteiger partial charge in [0.15, 0.2) is 0 Å². The minimum absolute atomic E-state index is 0.0359. The lowest BCUT2D eigenvalue weighted by molar-refractivity contribution is -0.133. The number of carbonyl (C=O) groups is 1. The quantitative estimate of drug-likeness (QED) is 0.817. The molecular formula is C17H24N4O3S. The summed E-state index contributed by atoms with van der Waals surface area (Å²) in [4.78, 5) is 19.5. The Labute approximate surface area is 148 Å². The lowest BCUT2D eigenvalue weighted by Crippen LogP contribution is -2.50. The van der Waals surface area contributed by atoms with Gasteiger partial charge in [-0.3, -0.25) is 14.5 Å². The van der Waals surface area contributed by atoms with Gasteiger partial charge in [0.25, 0.3) is 10.0 Å². The number of hydrogen-bond acceptors (Lipinski definition) is 5. The van der Waals surface area contributed by atoms with Crippen LogP contribution in [0.3, 0.4) is 0 Å². The van der Waals surface area contributed by atoms with E-state index in [9.17, 15) is 13.2 Å². The van der Waals surface area contributed by atoms with Crippen molar-refractivity contribution in [3.8, 4) is 0 Å². The number of sulfonamides is 1. The first-order valence-corrected chi connectivity index (χ1v) is 10.1. The normalized spacial score (nSPS) is 21.9. The van der Waals surface area contributed by atoms with Gasteiger partial charge < -0.3 is 10.2 Å². The first-order valence-electron chi connectivity index (χ1n) is 8.58. The summed E-state index contributed by atoms with van der Waals surface area (Å²) in [6.07, 6.45) is 0.580. The smallest absolute Gasteiger partial charge is 0.263 e. The molecule has 0 saturated carbocycles. The molecular weight excluding hydrogens is 340 g/mol. The molecule has 0 spiro atoms. The zero-order chi connectivity index (χ0) is 18.0. The zero-order valence-electron chi connectivity index (χ0n) is 14.5. The summed E-state index contributed by atoms with van der Waals surface area (Å²) in [7, 11) is -3.60. The summed E-state index contributed by atoms with van der Waals surface area (Å²) in [5.74, 6) is 0.505. The third kappa shape index (κ3) is 3.85. The van der Waals surface area contributed by atoms with Crippen molar-refractivity contribution in [2.75, 3.05) is 26.2 Å². The van der Waals surface area contributed by atoms with Crippen molar-refractivity contribution in [2.24, 2.45) is 10.9 Å². The van der Waals surface area contributed by atoms with E-state index in [1.165, 1.54) is 0 Å². The van der Waals surface area contributed by atoms with E-state index in [4.69, 9.17) is 0 Å². The van der Waals surface area contributed by atoms with Crippen LogP contribution < -0.4 is 10.0 Å². The second kappa shape index (κ2) is 7.13. The van der Waals surface area contributed by atoms with Crippen LogP contribution in [0.25, 0.3) is 0 Å². The van der Waals surface area contributed by atoms with E-state index in [0.717, 1.165) is 13.1 Å². The average molecular weight is 364 g/mol. The molecule has 1 aromatic carbocycles. The first kappa shape index (κ1) is 17.9. The minimum atomic E-state index is -3.60. The standard InChI is InChI=1S/C17H24N4O3S/c1-12(2)11-14(17(22)21-9-7-18-8-10-21)19-16-13-5-3-4-6-15(13)25(23,24)20-16/h3-6,12,14,18H,7-11H2,1-2H3,(H,19,20). The highest BCUT2D eigenvalue weighted by molar-refractivity contribution is 7.90. The van der Waals surface area contributed by atoms with Gasteiger partial charge in [0, 0.05) is 31.7 Å². The van der Waals surface area contributed by atoms with Gasteiger partial charge >= 0.3 is 0 Å². The SMILES string of the molecule is CC(C)CC(N=C1NS(=O)(=O)c2ccccc21)C(=O)N1CCNCC1. The molecule has 1 fully saturated rings. The molecule has 1 aromatic rings. The second-order valence-electron chi connectivity index (χ2n) is 6.80. The van der Waals surface area contributed by atoms with Crippen molar-refractivity contribution in [3.05, 3.63) is 29.8 Å². The van der Waals surface area contributed by atoms with Gasteiger partial charge in [0.1, 0.15) is 11.9 Å². The number of benzene rings is 1. The largest absolute Gasteiger partial charge is 0.338 e. The number of hydrogen-bond donors (Lipinski definition) is 2. The Morgan fingerprint density at radius 3 is 2.60 bits per heavy atom. The van der Waals surface area contributed by atoms with Gasteiger partial charge in [0.2, 0.25) is 5.91 Å². The summed E-state index contributed by atoms with van der Waals surface area (Å²) in [6.45, 7) is 6.91. The molecule has 2 N–H and O–H groups in total. The summed E-state index contributed by atoms with van der Waals surface area (Å²) < 4.78 is 27.0. The van der Waals surface area contributed by atoms with Crippen LogP contribution in [0.4, 0.5) is 0 Å². The highest BCUT2D eigenvalue weighted by atomic mass is 32.2. The summed E-state index contributed by atoms with van der Waals surface area (Å²) in [5, 5.41) is 3.22. The Bertz CT molecular complexity index is 783. The van der Waals surface area contributed by atoms with Crippen LogP contribution in [0, 0.1) is 5.92 Å². The molecule has 2 aliphatic rings. The van der Waals surface area contributed by atoms with Gasteiger partial charge in [-0.05, 0) is 24.5 Å². The fourth-order valence-electron chi connectivity index (χ4n) is 3.14. The topological polar surface area (TPSA) is 90.9 Å². The number of fused-ring (bicyclic) bond motifs is 1. The highest BCUT2D eigenvalue weighted by Crippen LogP contribution is 2.23. The van der Waals surface area contributed by atoms with E-state index in [-0.39, 0.29) is 22.6 Å². The molecule has 0 aromatic heterocycles. The van der Waals surface area contributed by atoms with Crippen molar-refractivity contribution in [3.63, 3.8) is 0 Å². The number of piperazine rings is 1. The number of carbonyl (C=O) groups excluding carboxylic acids is 1. The molecule has 1 saturated heterocycles. The Morgan fingerprint density at radius 1 is 1.24 bits per heavy atom. The third-order valence-electron chi connectivity index (χ3n) is 4.36. The van der Waals surface area contributed by atoms with Crippen LogP contribution in [-0.4, -0.2) is 57.3 Å². The number of amides is 1. The van der Waals surface area contributed by atoms with Crippen molar-refractivity contribution < 1.29 is 13.2 Å². The molecule has 1 amide bonds. The van der Waals surface area contributed by atoms with Gasteiger partial charge in [-0.15, -0.1) is 0 Å². The van der Waals surface area contributed by atoms with Crippen LogP contribution in [0.2, 0.25) is 0 Å². The molecule has 2 aliphatic heterocycles. The van der Waals surface area contributed by atoms with Crippen LogP contribution in [0.1, 0.15) is 25.8 Å². The van der Waals surface area contributed by atoms with E-state index in [1.54, 1.807) is 24.3 Å². The molecule has 7 nitrogen and oxygen atoms in total. The Hall–Kier alpha value is -1.93. The number of rotatable bonds is 4. The molecule has 8 heteroatoms. The molecule has 3 rings (SSSR count). The van der Waals surface area contributed by atoms with Crippen LogP contribution in [-0.2, 0) is 14.8 Å². The maximum atomic E-state index is 12.9. The van der Waals surface area contributed by atoms with Crippen molar-refractivity contribution in [1.82, 2.24) is 14.9 Å². The number of nitrogens with zero attached hydrogens (tertiary/aromatic N) is 2. The Kier molecular flexibility index (Phi) is 5.10. The van der Waals surface area contributed by atoms with Gasteiger partial charge in [-0.2, -0.15) is 0 Å². The van der Waals surface area contributed by atoms with E-state index in [0.29, 0.717) is 25.1 Å². The minimum Gasteiger partial charge on any atom is -0.338 e. The summed E-state index contributed by atoms with van der Waals surface area (Å²) >= 11 is 0. The lowest BCUT2D eigenvalue weighted by Gasteiger charge is -2.30. The molecule has 0 radical (unpaired) electrons. The van der Waals surface area contributed by atoms with E-state index in [1.807, 2.05) is 18.7 Å². The molecule has 0 bridgehead atoms. The number of nitrogens with one attached hydrogen (secondary N) is 2.